The second kappa shape index (κ2) is 6.71. The third-order valence-corrected chi connectivity index (χ3v) is 3.15. The highest BCUT2D eigenvalue weighted by Crippen LogP contribution is 2.20. The monoisotopic (exact) mass is 266 g/mol. The SMILES string of the molecule is COCC(Nc1cc(C)ccc1C(N)=S)C(C)C. The standard InChI is InChI=1S/C14H22N2OS/c1-9(2)13(8-17-4)16-12-7-10(3)5-6-11(12)14(15)18/h5-7,9,13,16H,8H2,1-4H3,(H2,15,18). The molecule has 0 fully saturated rings. The number of ether oxygens (including phenoxy) is 1. The van der Waals surface area contributed by atoms with Gasteiger partial charge in [0.15, 0.2) is 0 Å². The van der Waals surface area contributed by atoms with Gasteiger partial charge >= 0.3 is 0 Å². The van der Waals surface area contributed by atoms with E-state index in [0.717, 1.165) is 11.3 Å². The van der Waals surface area contributed by atoms with Crippen molar-refractivity contribution in [2.75, 3.05) is 19.0 Å². The summed E-state index contributed by atoms with van der Waals surface area (Å²) in [5.41, 5.74) is 8.80. The lowest BCUT2D eigenvalue weighted by Gasteiger charge is -2.24. The molecule has 3 N–H and O–H groups in total. The lowest BCUT2D eigenvalue weighted by molar-refractivity contribution is 0.171. The lowest BCUT2D eigenvalue weighted by Crippen LogP contribution is -2.31. The van der Waals surface area contributed by atoms with E-state index in [9.17, 15) is 0 Å². The molecule has 0 aliphatic heterocycles. The van der Waals surface area contributed by atoms with E-state index in [4.69, 9.17) is 22.7 Å². The summed E-state index contributed by atoms with van der Waals surface area (Å²) in [5, 5.41) is 3.48. The molecule has 1 unspecified atom stereocenters. The van der Waals surface area contributed by atoms with Gasteiger partial charge < -0.3 is 15.8 Å². The van der Waals surface area contributed by atoms with E-state index in [1.165, 1.54) is 5.56 Å². The molecule has 0 bridgehead atoms. The van der Waals surface area contributed by atoms with Gasteiger partial charge in [-0.15, -0.1) is 0 Å². The maximum absolute atomic E-state index is 5.75. The van der Waals surface area contributed by atoms with Crippen LogP contribution in [-0.4, -0.2) is 24.7 Å². The maximum Gasteiger partial charge on any atom is 0.106 e. The molecule has 0 spiro atoms. The average molecular weight is 266 g/mol. The van der Waals surface area contributed by atoms with Gasteiger partial charge in [0.2, 0.25) is 0 Å². The molecule has 1 aromatic carbocycles. The number of hydrogen-bond donors (Lipinski definition) is 2. The van der Waals surface area contributed by atoms with Crippen LogP contribution in [0.1, 0.15) is 25.0 Å². The fourth-order valence-corrected chi connectivity index (χ4v) is 1.95. The van der Waals surface area contributed by atoms with E-state index in [0.29, 0.717) is 17.5 Å². The fourth-order valence-electron chi connectivity index (χ4n) is 1.77. The number of aryl methyl sites for hydroxylation is 1. The largest absolute Gasteiger partial charge is 0.389 e. The summed E-state index contributed by atoms with van der Waals surface area (Å²) in [4.78, 5) is 0.414. The summed E-state index contributed by atoms with van der Waals surface area (Å²) in [6.45, 7) is 7.03. The Morgan fingerprint density at radius 3 is 2.61 bits per heavy atom. The van der Waals surface area contributed by atoms with Crippen molar-refractivity contribution in [3.63, 3.8) is 0 Å². The molecule has 0 aliphatic rings. The molecule has 0 aromatic heterocycles. The second-order valence-electron chi connectivity index (χ2n) is 4.86. The van der Waals surface area contributed by atoms with Crippen LogP contribution < -0.4 is 11.1 Å². The highest BCUT2D eigenvalue weighted by molar-refractivity contribution is 7.80. The summed E-state index contributed by atoms with van der Waals surface area (Å²) in [6, 6.07) is 6.29. The van der Waals surface area contributed by atoms with E-state index >= 15 is 0 Å². The first-order chi connectivity index (χ1) is 8.45. The van der Waals surface area contributed by atoms with Crippen molar-refractivity contribution in [3.05, 3.63) is 29.3 Å². The predicted octanol–water partition coefficient (Wildman–Crippen LogP) is 2.71. The van der Waals surface area contributed by atoms with E-state index in [2.05, 4.69) is 32.2 Å². The van der Waals surface area contributed by atoms with Crippen LogP contribution >= 0.6 is 12.2 Å². The van der Waals surface area contributed by atoms with Crippen molar-refractivity contribution in [1.82, 2.24) is 0 Å². The predicted molar refractivity (Wildman–Crippen MR) is 81.2 cm³/mol. The zero-order valence-electron chi connectivity index (χ0n) is 11.5. The summed E-state index contributed by atoms with van der Waals surface area (Å²) in [7, 11) is 1.71. The van der Waals surface area contributed by atoms with Gasteiger partial charge in [-0.05, 0) is 30.5 Å². The summed E-state index contributed by atoms with van der Waals surface area (Å²) in [6.07, 6.45) is 0. The number of anilines is 1. The molecule has 1 atom stereocenters. The molecule has 100 valence electrons. The highest BCUT2D eigenvalue weighted by Gasteiger charge is 2.15. The Labute approximate surface area is 115 Å². The van der Waals surface area contributed by atoms with Gasteiger partial charge in [0.1, 0.15) is 4.99 Å². The van der Waals surface area contributed by atoms with E-state index in [1.54, 1.807) is 7.11 Å². The van der Waals surface area contributed by atoms with E-state index in [1.807, 2.05) is 12.1 Å². The van der Waals surface area contributed by atoms with Crippen molar-refractivity contribution in [2.45, 2.75) is 26.8 Å². The molecule has 0 saturated heterocycles. The first-order valence-corrected chi connectivity index (χ1v) is 6.52. The Morgan fingerprint density at radius 2 is 2.11 bits per heavy atom. The third-order valence-electron chi connectivity index (χ3n) is 2.93. The number of benzene rings is 1. The zero-order chi connectivity index (χ0) is 13.7. The van der Waals surface area contributed by atoms with Crippen LogP contribution in [0.5, 0.6) is 0 Å². The minimum absolute atomic E-state index is 0.241. The average Bonchev–Trinajstić information content (AvgIpc) is 2.28. The molecule has 0 amide bonds. The van der Waals surface area contributed by atoms with Crippen LogP contribution in [0.3, 0.4) is 0 Å². The fraction of sp³-hybridized carbons (Fsp3) is 0.500. The van der Waals surface area contributed by atoms with Gasteiger partial charge in [-0.25, -0.2) is 0 Å². The molecule has 1 aromatic rings. The van der Waals surface area contributed by atoms with Crippen molar-refractivity contribution < 1.29 is 4.74 Å². The molecule has 1 rings (SSSR count). The van der Waals surface area contributed by atoms with E-state index in [-0.39, 0.29) is 6.04 Å². The van der Waals surface area contributed by atoms with Gasteiger partial charge in [0.25, 0.3) is 0 Å². The van der Waals surface area contributed by atoms with Crippen LogP contribution in [0.15, 0.2) is 18.2 Å². The van der Waals surface area contributed by atoms with Gasteiger partial charge in [0.05, 0.1) is 12.6 Å². The first kappa shape index (κ1) is 14.9. The Balaban J connectivity index is 3.00. The minimum atomic E-state index is 0.241. The van der Waals surface area contributed by atoms with Crippen LogP contribution in [0.25, 0.3) is 0 Å². The summed E-state index contributed by atoms with van der Waals surface area (Å²) < 4.78 is 5.24. The maximum atomic E-state index is 5.75. The molecule has 18 heavy (non-hydrogen) atoms. The topological polar surface area (TPSA) is 47.3 Å². The molecular weight excluding hydrogens is 244 g/mol. The Morgan fingerprint density at radius 1 is 1.44 bits per heavy atom. The Bertz CT molecular complexity index is 418. The van der Waals surface area contributed by atoms with Crippen LogP contribution in [-0.2, 0) is 4.74 Å². The lowest BCUT2D eigenvalue weighted by atomic mass is 10.0. The number of rotatable bonds is 6. The number of thiocarbonyl (C=S) groups is 1. The molecular formula is C14H22N2OS. The quantitative estimate of drug-likeness (QED) is 0.777. The molecule has 4 heteroatoms. The minimum Gasteiger partial charge on any atom is -0.389 e. The molecule has 0 radical (unpaired) electrons. The first-order valence-electron chi connectivity index (χ1n) is 6.11. The number of nitrogens with one attached hydrogen (secondary N) is 1. The molecule has 0 aliphatic carbocycles. The normalized spacial score (nSPS) is 12.5. The van der Waals surface area contributed by atoms with Crippen molar-refractivity contribution in [1.29, 1.82) is 0 Å². The zero-order valence-corrected chi connectivity index (χ0v) is 12.3. The molecule has 0 heterocycles. The smallest absolute Gasteiger partial charge is 0.106 e. The van der Waals surface area contributed by atoms with Gasteiger partial charge in [0, 0.05) is 18.4 Å². The Hall–Kier alpha value is -1.13. The summed E-state index contributed by atoms with van der Waals surface area (Å²) >= 11 is 5.08. The van der Waals surface area contributed by atoms with Crippen LogP contribution in [0, 0.1) is 12.8 Å². The number of methoxy groups -OCH3 is 1. The highest BCUT2D eigenvalue weighted by atomic mass is 32.1. The van der Waals surface area contributed by atoms with Gasteiger partial charge in [-0.1, -0.05) is 32.1 Å². The van der Waals surface area contributed by atoms with Crippen molar-refractivity contribution in [2.24, 2.45) is 11.7 Å². The van der Waals surface area contributed by atoms with Gasteiger partial charge in [-0.3, -0.25) is 0 Å². The Kier molecular flexibility index (Phi) is 5.56. The van der Waals surface area contributed by atoms with E-state index < -0.39 is 0 Å². The summed E-state index contributed by atoms with van der Waals surface area (Å²) in [5.74, 6) is 0.463. The van der Waals surface area contributed by atoms with Crippen LogP contribution in [0.2, 0.25) is 0 Å². The van der Waals surface area contributed by atoms with Crippen molar-refractivity contribution in [3.8, 4) is 0 Å². The van der Waals surface area contributed by atoms with Gasteiger partial charge in [-0.2, -0.15) is 0 Å². The second-order valence-corrected chi connectivity index (χ2v) is 5.30. The third kappa shape index (κ3) is 3.96. The number of hydrogen-bond acceptors (Lipinski definition) is 3. The number of nitrogens with two attached hydrogens (primary N) is 1. The van der Waals surface area contributed by atoms with Crippen LogP contribution in [0.4, 0.5) is 5.69 Å². The van der Waals surface area contributed by atoms with Crippen molar-refractivity contribution >= 4 is 22.9 Å². The molecule has 3 nitrogen and oxygen atoms in total. The molecule has 0 saturated carbocycles.